The van der Waals surface area contributed by atoms with Gasteiger partial charge in [-0.2, -0.15) is 8.42 Å². The van der Waals surface area contributed by atoms with Crippen LogP contribution in [0.3, 0.4) is 0 Å². The molecule has 1 fully saturated rings. The fourth-order valence-electron chi connectivity index (χ4n) is 2.37. The molecule has 7 heteroatoms. The van der Waals surface area contributed by atoms with Crippen molar-refractivity contribution < 1.29 is 21.4 Å². The maximum Gasteiger partial charge on any atom is 0.294 e. The molecule has 0 aliphatic heterocycles. The largest absolute Gasteiger partial charge is 0.294 e. The van der Waals surface area contributed by atoms with Crippen molar-refractivity contribution in [1.82, 2.24) is 0 Å². The fourth-order valence-corrected chi connectivity index (χ4v) is 4.70. The Hall–Kier alpha value is -0.920. The van der Waals surface area contributed by atoms with Crippen molar-refractivity contribution in [2.75, 3.05) is 0 Å². The fraction of sp³-hybridized carbons (Fsp3) is 0.500. The lowest BCUT2D eigenvalue weighted by Crippen LogP contribution is -2.24. The van der Waals surface area contributed by atoms with Gasteiger partial charge in [-0.3, -0.25) is 4.55 Å². The Balaban J connectivity index is 2.31. The summed E-state index contributed by atoms with van der Waals surface area (Å²) >= 11 is 0. The molecular weight excluding hydrogens is 288 g/mol. The summed E-state index contributed by atoms with van der Waals surface area (Å²) in [7, 11) is -7.69. The van der Waals surface area contributed by atoms with Crippen LogP contribution >= 0.6 is 0 Å². The van der Waals surface area contributed by atoms with E-state index in [4.69, 9.17) is 4.55 Å². The van der Waals surface area contributed by atoms with Crippen LogP contribution in [0.5, 0.6) is 0 Å². The van der Waals surface area contributed by atoms with Gasteiger partial charge < -0.3 is 0 Å². The van der Waals surface area contributed by atoms with Crippen LogP contribution in [0.2, 0.25) is 0 Å². The van der Waals surface area contributed by atoms with E-state index in [1.54, 1.807) is 0 Å². The van der Waals surface area contributed by atoms with Gasteiger partial charge in [0, 0.05) is 0 Å². The van der Waals surface area contributed by atoms with Crippen molar-refractivity contribution in [3.63, 3.8) is 0 Å². The predicted octanol–water partition coefficient (Wildman–Crippen LogP) is 2.04. The van der Waals surface area contributed by atoms with Crippen LogP contribution in [0.15, 0.2) is 34.1 Å². The van der Waals surface area contributed by atoms with Gasteiger partial charge in [-0.1, -0.05) is 19.3 Å². The van der Waals surface area contributed by atoms with Crippen LogP contribution in [0, 0.1) is 0 Å². The van der Waals surface area contributed by atoms with E-state index < -0.39 is 20.0 Å². The maximum absolute atomic E-state index is 12.3. The summed E-state index contributed by atoms with van der Waals surface area (Å²) in [6, 6.07) is 4.72. The van der Waals surface area contributed by atoms with Gasteiger partial charge in [0.05, 0.1) is 15.0 Å². The highest BCUT2D eigenvalue weighted by molar-refractivity contribution is 7.92. The highest BCUT2D eigenvalue weighted by Crippen LogP contribution is 2.28. The zero-order valence-electron chi connectivity index (χ0n) is 10.3. The Labute approximate surface area is 113 Å². The summed E-state index contributed by atoms with van der Waals surface area (Å²) in [5.74, 6) is 0. The second kappa shape index (κ2) is 5.22. The van der Waals surface area contributed by atoms with Crippen molar-refractivity contribution in [3.05, 3.63) is 24.3 Å². The molecule has 0 aromatic heterocycles. The van der Waals surface area contributed by atoms with Crippen LogP contribution in [0.4, 0.5) is 0 Å². The predicted molar refractivity (Wildman–Crippen MR) is 70.3 cm³/mol. The second-order valence-corrected chi connectivity index (χ2v) is 8.40. The second-order valence-electron chi connectivity index (χ2n) is 4.75. The van der Waals surface area contributed by atoms with Crippen LogP contribution in [0.25, 0.3) is 0 Å². The summed E-state index contributed by atoms with van der Waals surface area (Å²) < 4.78 is 55.3. The van der Waals surface area contributed by atoms with E-state index in [2.05, 4.69) is 0 Å². The molecule has 0 amide bonds. The van der Waals surface area contributed by atoms with Gasteiger partial charge in [0.2, 0.25) is 0 Å². The summed E-state index contributed by atoms with van der Waals surface area (Å²) in [5, 5.41) is -0.377. The molecule has 1 aromatic rings. The topological polar surface area (TPSA) is 88.5 Å². The monoisotopic (exact) mass is 304 g/mol. The molecule has 2 rings (SSSR count). The van der Waals surface area contributed by atoms with Crippen molar-refractivity contribution in [1.29, 1.82) is 0 Å². The lowest BCUT2D eigenvalue weighted by molar-refractivity contribution is 0.481. The summed E-state index contributed by atoms with van der Waals surface area (Å²) in [6.07, 6.45) is 4.19. The van der Waals surface area contributed by atoms with Crippen LogP contribution in [0.1, 0.15) is 32.1 Å². The molecule has 1 aliphatic rings. The molecule has 0 radical (unpaired) electrons. The molecule has 106 valence electrons. The maximum atomic E-state index is 12.3. The molecule has 1 aliphatic carbocycles. The first-order valence-corrected chi connectivity index (χ1v) is 9.12. The van der Waals surface area contributed by atoms with E-state index in [1.807, 2.05) is 0 Å². The van der Waals surface area contributed by atoms with E-state index >= 15 is 0 Å². The van der Waals surface area contributed by atoms with Crippen LogP contribution in [-0.4, -0.2) is 26.6 Å². The number of hydrogen-bond donors (Lipinski definition) is 1. The summed E-state index contributed by atoms with van der Waals surface area (Å²) in [6.45, 7) is 0. The third kappa shape index (κ3) is 3.16. The molecular formula is C12H16O5S2. The molecule has 0 saturated heterocycles. The minimum absolute atomic E-state index is 0.117. The first-order chi connectivity index (χ1) is 8.82. The van der Waals surface area contributed by atoms with Crippen LogP contribution in [-0.2, 0) is 20.0 Å². The molecule has 0 heterocycles. The molecule has 0 atom stereocenters. The quantitative estimate of drug-likeness (QED) is 0.863. The minimum atomic E-state index is -4.28. The van der Waals surface area contributed by atoms with Crippen molar-refractivity contribution in [2.24, 2.45) is 0 Å². The van der Waals surface area contributed by atoms with Gasteiger partial charge in [-0.25, -0.2) is 8.42 Å². The third-order valence-corrected chi connectivity index (χ3v) is 6.59. The normalized spacial score (nSPS) is 18.4. The standard InChI is InChI=1S/C12H16O5S2/c13-18(14,10-4-2-1-3-5-10)11-6-8-12(9-7-11)19(15,16)17/h6-10H,1-5H2,(H,15,16,17). The third-order valence-electron chi connectivity index (χ3n) is 3.44. The number of rotatable bonds is 3. The van der Waals surface area contributed by atoms with Crippen molar-refractivity contribution >= 4 is 20.0 Å². The highest BCUT2D eigenvalue weighted by atomic mass is 32.2. The smallest absolute Gasteiger partial charge is 0.282 e. The lowest BCUT2D eigenvalue weighted by atomic mass is 10.0. The lowest BCUT2D eigenvalue weighted by Gasteiger charge is -2.21. The summed E-state index contributed by atoms with van der Waals surface area (Å²) in [5.41, 5.74) is 0. The first kappa shape index (κ1) is 14.5. The van der Waals surface area contributed by atoms with Crippen molar-refractivity contribution in [3.8, 4) is 0 Å². The van der Waals surface area contributed by atoms with E-state index in [-0.39, 0.29) is 15.0 Å². The molecule has 1 aromatic carbocycles. The van der Waals surface area contributed by atoms with E-state index in [9.17, 15) is 16.8 Å². The Morgan fingerprint density at radius 3 is 1.79 bits per heavy atom. The molecule has 19 heavy (non-hydrogen) atoms. The Morgan fingerprint density at radius 2 is 1.32 bits per heavy atom. The molecule has 0 spiro atoms. The van der Waals surface area contributed by atoms with Gasteiger partial charge in [0.15, 0.2) is 9.84 Å². The van der Waals surface area contributed by atoms with E-state index in [0.717, 1.165) is 31.4 Å². The van der Waals surface area contributed by atoms with Gasteiger partial charge in [-0.15, -0.1) is 0 Å². The molecule has 0 unspecified atom stereocenters. The number of sulfone groups is 1. The van der Waals surface area contributed by atoms with Gasteiger partial charge in [0.1, 0.15) is 0 Å². The summed E-state index contributed by atoms with van der Waals surface area (Å²) in [4.78, 5) is -0.179. The Kier molecular flexibility index (Phi) is 3.98. The Bertz CT molecular complexity index is 638. The van der Waals surface area contributed by atoms with E-state index in [1.165, 1.54) is 12.1 Å². The molecule has 1 N–H and O–H groups in total. The molecule has 0 bridgehead atoms. The zero-order chi connectivity index (χ0) is 14.1. The first-order valence-electron chi connectivity index (χ1n) is 6.13. The van der Waals surface area contributed by atoms with Gasteiger partial charge >= 0.3 is 0 Å². The Morgan fingerprint density at radius 1 is 0.842 bits per heavy atom. The average molecular weight is 304 g/mol. The average Bonchev–Trinajstić information content (AvgIpc) is 2.39. The van der Waals surface area contributed by atoms with Gasteiger partial charge in [0.25, 0.3) is 10.1 Å². The van der Waals surface area contributed by atoms with E-state index in [0.29, 0.717) is 12.8 Å². The SMILES string of the molecule is O=S(=O)(O)c1ccc(S(=O)(=O)C2CCCCC2)cc1. The number of hydrogen-bond acceptors (Lipinski definition) is 4. The number of benzene rings is 1. The molecule has 1 saturated carbocycles. The highest BCUT2D eigenvalue weighted by Gasteiger charge is 2.29. The molecule has 5 nitrogen and oxygen atoms in total. The zero-order valence-corrected chi connectivity index (χ0v) is 12.0. The minimum Gasteiger partial charge on any atom is -0.282 e. The van der Waals surface area contributed by atoms with Gasteiger partial charge in [-0.05, 0) is 37.1 Å². The van der Waals surface area contributed by atoms with Crippen molar-refractivity contribution in [2.45, 2.75) is 47.1 Å². The van der Waals surface area contributed by atoms with Crippen LogP contribution < -0.4 is 0 Å².